The van der Waals surface area contributed by atoms with Crippen LogP contribution in [0, 0.1) is 11.8 Å². The van der Waals surface area contributed by atoms with E-state index in [1.54, 1.807) is 13.3 Å². The molecule has 1 aromatic heterocycles. The van der Waals surface area contributed by atoms with E-state index in [4.69, 9.17) is 4.74 Å². The van der Waals surface area contributed by atoms with Gasteiger partial charge in [-0.15, -0.1) is 0 Å². The minimum absolute atomic E-state index is 0.109. The molecule has 4 rings (SSSR count). The van der Waals surface area contributed by atoms with Crippen LogP contribution in [0.15, 0.2) is 30.6 Å². The first-order valence-corrected chi connectivity index (χ1v) is 10.8. The van der Waals surface area contributed by atoms with Crippen LogP contribution in [0.5, 0.6) is 5.75 Å². The molecule has 29 heavy (non-hydrogen) atoms. The van der Waals surface area contributed by atoms with Gasteiger partial charge in [-0.1, -0.05) is 39.3 Å². The third-order valence-corrected chi connectivity index (χ3v) is 7.03. The van der Waals surface area contributed by atoms with Crippen molar-refractivity contribution in [2.24, 2.45) is 18.9 Å². The molecule has 2 bridgehead atoms. The summed E-state index contributed by atoms with van der Waals surface area (Å²) >= 11 is 0. The van der Waals surface area contributed by atoms with Gasteiger partial charge in [-0.05, 0) is 29.9 Å². The predicted molar refractivity (Wildman–Crippen MR) is 115 cm³/mol. The smallest absolute Gasteiger partial charge is 0.141 e. The zero-order chi connectivity index (χ0) is 20.8. The average molecular weight is 398 g/mol. The van der Waals surface area contributed by atoms with E-state index >= 15 is 0 Å². The second kappa shape index (κ2) is 7.44. The summed E-state index contributed by atoms with van der Waals surface area (Å²) in [6.45, 7) is 9.38. The zero-order valence-corrected chi connectivity index (χ0v) is 18.5. The van der Waals surface area contributed by atoms with Gasteiger partial charge in [0.1, 0.15) is 17.2 Å². The zero-order valence-electron chi connectivity index (χ0n) is 18.5. The number of nitrogens with zero attached hydrogens (tertiary/aromatic N) is 3. The molecule has 1 N–H and O–H groups in total. The highest BCUT2D eigenvalue weighted by Crippen LogP contribution is 2.49. The number of aliphatic hydroxyl groups is 1. The van der Waals surface area contributed by atoms with E-state index in [2.05, 4.69) is 48.9 Å². The molecule has 1 saturated heterocycles. The van der Waals surface area contributed by atoms with Gasteiger partial charge in [0.2, 0.25) is 0 Å². The lowest BCUT2D eigenvalue weighted by molar-refractivity contribution is -0.155. The summed E-state index contributed by atoms with van der Waals surface area (Å²) in [7, 11) is 3.74. The molecule has 0 amide bonds. The van der Waals surface area contributed by atoms with Gasteiger partial charge in [-0.2, -0.15) is 0 Å². The number of aromatic nitrogens is 2. The van der Waals surface area contributed by atoms with Crippen LogP contribution in [-0.2, 0) is 24.6 Å². The Morgan fingerprint density at radius 1 is 1.21 bits per heavy atom. The van der Waals surface area contributed by atoms with Gasteiger partial charge in [0.15, 0.2) is 0 Å². The molecule has 1 aromatic carbocycles. The van der Waals surface area contributed by atoms with Gasteiger partial charge in [-0.25, -0.2) is 4.98 Å². The van der Waals surface area contributed by atoms with Crippen molar-refractivity contribution >= 4 is 0 Å². The first-order chi connectivity index (χ1) is 13.7. The first kappa shape index (κ1) is 20.4. The van der Waals surface area contributed by atoms with E-state index in [-0.39, 0.29) is 17.3 Å². The number of fused-ring (bicyclic) bond motifs is 2. The molecule has 2 atom stereocenters. The number of likely N-dealkylation sites (tertiary alicyclic amines) is 1. The second-order valence-electron chi connectivity index (χ2n) is 9.98. The minimum atomic E-state index is -0.815. The third kappa shape index (κ3) is 3.59. The van der Waals surface area contributed by atoms with Gasteiger partial charge in [0.25, 0.3) is 0 Å². The van der Waals surface area contributed by atoms with Crippen LogP contribution in [-0.4, -0.2) is 39.8 Å². The number of piperidine rings is 1. The van der Waals surface area contributed by atoms with E-state index in [0.717, 1.165) is 44.0 Å². The second-order valence-corrected chi connectivity index (χ2v) is 9.98. The molecule has 0 spiro atoms. The van der Waals surface area contributed by atoms with E-state index in [1.165, 1.54) is 17.5 Å². The summed E-state index contributed by atoms with van der Waals surface area (Å²) in [4.78, 5) is 7.05. The molecule has 158 valence electrons. The summed E-state index contributed by atoms with van der Waals surface area (Å²) in [6.07, 6.45) is 7.04. The molecule has 0 radical (unpaired) electrons. The molecule has 2 fully saturated rings. The van der Waals surface area contributed by atoms with Crippen molar-refractivity contribution < 1.29 is 9.84 Å². The fourth-order valence-electron chi connectivity index (χ4n) is 5.40. The Morgan fingerprint density at radius 2 is 1.90 bits per heavy atom. The van der Waals surface area contributed by atoms with Crippen molar-refractivity contribution in [3.63, 3.8) is 0 Å². The lowest BCUT2D eigenvalue weighted by atomic mass is 9.65. The highest BCUT2D eigenvalue weighted by atomic mass is 16.5. The third-order valence-electron chi connectivity index (χ3n) is 7.03. The summed E-state index contributed by atoms with van der Waals surface area (Å²) in [5.41, 5.74) is 1.86. The van der Waals surface area contributed by atoms with E-state index in [1.807, 2.05) is 17.8 Å². The number of imidazole rings is 1. The number of ether oxygens (including phenoxy) is 1. The van der Waals surface area contributed by atoms with Crippen LogP contribution in [0.2, 0.25) is 0 Å². The normalized spacial score (nSPS) is 27.8. The van der Waals surface area contributed by atoms with Crippen LogP contribution < -0.4 is 4.74 Å². The maximum absolute atomic E-state index is 11.8. The molecular weight excluding hydrogens is 362 g/mol. The van der Waals surface area contributed by atoms with Crippen molar-refractivity contribution in [2.75, 3.05) is 20.2 Å². The quantitative estimate of drug-likeness (QED) is 0.851. The molecular formula is C24H35N3O2. The summed E-state index contributed by atoms with van der Waals surface area (Å²) in [5.74, 6) is 2.22. The van der Waals surface area contributed by atoms with Crippen molar-refractivity contribution in [1.82, 2.24) is 14.5 Å². The monoisotopic (exact) mass is 397 g/mol. The minimum Gasteiger partial charge on any atom is -0.496 e. The highest BCUT2D eigenvalue weighted by Gasteiger charge is 2.53. The van der Waals surface area contributed by atoms with Crippen LogP contribution in [0.3, 0.4) is 0 Å². The molecule has 2 heterocycles. The SMILES string of the molecule is COc1ccc(C(C)(C)C)cc1CN1CC2CCCC(C1)C2(O)c1nccn1C. The lowest BCUT2D eigenvalue weighted by Crippen LogP contribution is -2.58. The molecule has 1 saturated carbocycles. The Kier molecular flexibility index (Phi) is 5.24. The van der Waals surface area contributed by atoms with Crippen molar-refractivity contribution in [2.45, 2.75) is 57.6 Å². The van der Waals surface area contributed by atoms with Gasteiger partial charge in [0.05, 0.1) is 7.11 Å². The number of methoxy groups -OCH3 is 1. The Hall–Kier alpha value is -1.85. The van der Waals surface area contributed by atoms with Crippen LogP contribution in [0.4, 0.5) is 0 Å². The Morgan fingerprint density at radius 3 is 2.45 bits per heavy atom. The number of benzene rings is 1. The Bertz CT molecular complexity index is 853. The van der Waals surface area contributed by atoms with Gasteiger partial charge in [-0.3, -0.25) is 4.90 Å². The molecule has 1 aliphatic carbocycles. The fourth-order valence-corrected chi connectivity index (χ4v) is 5.40. The first-order valence-electron chi connectivity index (χ1n) is 10.8. The van der Waals surface area contributed by atoms with Gasteiger partial charge < -0.3 is 14.4 Å². The molecule has 1 aliphatic heterocycles. The maximum Gasteiger partial charge on any atom is 0.141 e. The number of hydrogen-bond acceptors (Lipinski definition) is 4. The van der Waals surface area contributed by atoms with Crippen molar-refractivity contribution in [3.8, 4) is 5.75 Å². The van der Waals surface area contributed by atoms with Crippen LogP contribution in [0.25, 0.3) is 0 Å². The molecule has 2 aliphatic rings. The van der Waals surface area contributed by atoms with Crippen molar-refractivity contribution in [1.29, 1.82) is 0 Å². The maximum atomic E-state index is 11.8. The fraction of sp³-hybridized carbons (Fsp3) is 0.625. The van der Waals surface area contributed by atoms with Gasteiger partial charge >= 0.3 is 0 Å². The molecule has 5 nitrogen and oxygen atoms in total. The summed E-state index contributed by atoms with van der Waals surface area (Å²) < 4.78 is 7.67. The lowest BCUT2D eigenvalue weighted by Gasteiger charge is -2.52. The summed E-state index contributed by atoms with van der Waals surface area (Å²) in [6, 6.07) is 6.58. The van der Waals surface area contributed by atoms with Crippen LogP contribution >= 0.6 is 0 Å². The average Bonchev–Trinajstić information content (AvgIpc) is 3.08. The standard InChI is InChI=1S/C24H35N3O2/c1-23(2,3)18-9-10-21(29-5)17(13-18)14-27-15-19-7-6-8-20(16-27)24(19,28)22-25-11-12-26(22)4/h9-13,19-20,28H,6-8,14-16H2,1-5H3. The summed E-state index contributed by atoms with van der Waals surface area (Å²) in [5, 5.41) is 11.8. The number of hydrogen-bond donors (Lipinski definition) is 1. The molecule has 5 heteroatoms. The Labute approximate surface area is 174 Å². The number of rotatable bonds is 4. The molecule has 2 aromatic rings. The topological polar surface area (TPSA) is 50.5 Å². The van der Waals surface area contributed by atoms with Gasteiger partial charge in [0, 0.05) is 56.5 Å². The highest BCUT2D eigenvalue weighted by molar-refractivity contribution is 5.39. The predicted octanol–water partition coefficient (Wildman–Crippen LogP) is 3.85. The van der Waals surface area contributed by atoms with E-state index in [9.17, 15) is 5.11 Å². The number of aryl methyl sites for hydroxylation is 1. The van der Waals surface area contributed by atoms with E-state index < -0.39 is 5.60 Å². The Balaban J connectivity index is 1.60. The van der Waals surface area contributed by atoms with E-state index in [0.29, 0.717) is 0 Å². The largest absolute Gasteiger partial charge is 0.496 e. The molecule has 2 unspecified atom stereocenters. The van der Waals surface area contributed by atoms with Crippen molar-refractivity contribution in [3.05, 3.63) is 47.5 Å². The van der Waals surface area contributed by atoms with Crippen LogP contribution in [0.1, 0.15) is 57.0 Å².